The Balaban J connectivity index is 2.09. The van der Waals surface area contributed by atoms with Gasteiger partial charge in [0.15, 0.2) is 0 Å². The summed E-state index contributed by atoms with van der Waals surface area (Å²) in [5.41, 5.74) is 2.80. The topological polar surface area (TPSA) is 86.8 Å². The van der Waals surface area contributed by atoms with Gasteiger partial charge in [-0.25, -0.2) is 8.42 Å². The summed E-state index contributed by atoms with van der Waals surface area (Å²) in [6, 6.07) is 15.0. The van der Waals surface area contributed by atoms with Crippen molar-refractivity contribution in [1.29, 1.82) is 0 Å². The van der Waals surface area contributed by atoms with Crippen LogP contribution in [0.1, 0.15) is 30.0 Å². The van der Waals surface area contributed by atoms with Gasteiger partial charge in [-0.1, -0.05) is 53.9 Å². The van der Waals surface area contributed by atoms with E-state index in [2.05, 4.69) is 5.32 Å². The maximum atomic E-state index is 13.9. The average Bonchev–Trinajstić information content (AvgIpc) is 2.90. The molecule has 0 aliphatic heterocycles. The number of carbonyl (C=O) groups is 2. The van der Waals surface area contributed by atoms with Crippen LogP contribution >= 0.6 is 34.8 Å². The van der Waals surface area contributed by atoms with Crippen molar-refractivity contribution in [1.82, 2.24) is 10.2 Å². The normalized spacial score (nSPS) is 12.1. The molecule has 2 amide bonds. The van der Waals surface area contributed by atoms with Crippen molar-refractivity contribution in [2.45, 2.75) is 44.7 Å². The minimum Gasteiger partial charge on any atom is -0.357 e. The van der Waals surface area contributed by atoms with Gasteiger partial charge in [0.25, 0.3) is 10.0 Å². The first-order chi connectivity index (χ1) is 18.4. The minimum absolute atomic E-state index is 0.0173. The largest absolute Gasteiger partial charge is 0.357 e. The first-order valence-electron chi connectivity index (χ1n) is 12.2. The zero-order chi connectivity index (χ0) is 28.9. The molecule has 0 spiro atoms. The van der Waals surface area contributed by atoms with Crippen LogP contribution in [-0.2, 0) is 26.2 Å². The highest BCUT2D eigenvalue weighted by molar-refractivity contribution is 7.92. The van der Waals surface area contributed by atoms with Crippen LogP contribution in [0, 0.1) is 13.8 Å². The fourth-order valence-corrected chi connectivity index (χ4v) is 5.92. The molecule has 3 aromatic carbocycles. The molecule has 0 aromatic heterocycles. The molecule has 0 fully saturated rings. The number of rotatable bonds is 10. The molecule has 0 heterocycles. The van der Waals surface area contributed by atoms with Crippen molar-refractivity contribution in [2.75, 3.05) is 17.9 Å². The summed E-state index contributed by atoms with van der Waals surface area (Å²) in [4.78, 5) is 28.1. The Kier molecular flexibility index (Phi) is 10.3. The standard InChI is InChI=1S/C28H30Cl3N3O4S/c1-5-26(28(36)32-4)33(16-20-7-13-24(30)25(31)15-20)27(35)17-34(22-10-6-18(2)19(3)14-22)39(37,38)23-11-8-21(29)9-12-23/h6-15,26H,5,16-17H2,1-4H3,(H,32,36)/t26-/m0/s1. The summed E-state index contributed by atoms with van der Waals surface area (Å²) in [6.45, 7) is 5.03. The lowest BCUT2D eigenvalue weighted by Gasteiger charge is -2.33. The van der Waals surface area contributed by atoms with Crippen LogP contribution in [0.2, 0.25) is 15.1 Å². The summed E-state index contributed by atoms with van der Waals surface area (Å²) in [7, 11) is -2.70. The average molecular weight is 611 g/mol. The number of likely N-dealkylation sites (N-methyl/N-ethyl adjacent to an activating group) is 1. The third-order valence-corrected chi connectivity index (χ3v) is 9.21. The highest BCUT2D eigenvalue weighted by atomic mass is 35.5. The Labute approximate surface area is 244 Å². The molecule has 3 aromatic rings. The molecular formula is C28H30Cl3N3O4S. The second-order valence-corrected chi connectivity index (χ2v) is 12.2. The molecule has 39 heavy (non-hydrogen) atoms. The molecule has 11 heteroatoms. The molecule has 0 saturated carbocycles. The smallest absolute Gasteiger partial charge is 0.264 e. The number of sulfonamides is 1. The van der Waals surface area contributed by atoms with E-state index in [0.29, 0.717) is 32.7 Å². The first-order valence-corrected chi connectivity index (χ1v) is 14.8. The van der Waals surface area contributed by atoms with Crippen molar-refractivity contribution in [2.24, 2.45) is 0 Å². The highest BCUT2D eigenvalue weighted by Crippen LogP contribution is 2.28. The predicted octanol–water partition coefficient (Wildman–Crippen LogP) is 6.01. The van der Waals surface area contributed by atoms with E-state index in [4.69, 9.17) is 34.8 Å². The summed E-state index contributed by atoms with van der Waals surface area (Å²) in [6.07, 6.45) is 0.306. The van der Waals surface area contributed by atoms with E-state index in [1.165, 1.54) is 36.2 Å². The van der Waals surface area contributed by atoms with E-state index < -0.39 is 28.5 Å². The first kappa shape index (κ1) is 30.8. The summed E-state index contributed by atoms with van der Waals surface area (Å²) in [5, 5.41) is 3.63. The maximum Gasteiger partial charge on any atom is 0.264 e. The molecule has 7 nitrogen and oxygen atoms in total. The number of nitrogens with zero attached hydrogens (tertiary/aromatic N) is 2. The number of aryl methyl sites for hydroxylation is 2. The number of anilines is 1. The van der Waals surface area contributed by atoms with E-state index in [0.717, 1.165) is 15.4 Å². The fraction of sp³-hybridized carbons (Fsp3) is 0.286. The second-order valence-electron chi connectivity index (χ2n) is 9.04. The number of benzene rings is 3. The van der Waals surface area contributed by atoms with Crippen LogP contribution < -0.4 is 9.62 Å². The van der Waals surface area contributed by atoms with Crippen LogP contribution in [0.25, 0.3) is 0 Å². The maximum absolute atomic E-state index is 13.9. The molecule has 208 valence electrons. The lowest BCUT2D eigenvalue weighted by Crippen LogP contribution is -2.51. The van der Waals surface area contributed by atoms with Gasteiger partial charge in [-0.15, -0.1) is 0 Å². The molecular weight excluding hydrogens is 581 g/mol. The zero-order valence-corrected chi connectivity index (χ0v) is 25.1. The van der Waals surface area contributed by atoms with Gasteiger partial charge in [-0.2, -0.15) is 0 Å². The van der Waals surface area contributed by atoms with Gasteiger partial charge in [-0.05, 0) is 85.5 Å². The molecule has 0 radical (unpaired) electrons. The zero-order valence-electron chi connectivity index (χ0n) is 22.0. The minimum atomic E-state index is -4.18. The third-order valence-electron chi connectivity index (χ3n) is 6.43. The molecule has 0 unspecified atom stereocenters. The molecule has 0 bridgehead atoms. The van der Waals surface area contributed by atoms with Gasteiger partial charge >= 0.3 is 0 Å². The van der Waals surface area contributed by atoms with E-state index in [-0.39, 0.29) is 17.3 Å². The second kappa shape index (κ2) is 13.0. The summed E-state index contributed by atoms with van der Waals surface area (Å²) < 4.78 is 28.8. The Morgan fingerprint density at radius 3 is 2.13 bits per heavy atom. The molecule has 0 saturated heterocycles. The highest BCUT2D eigenvalue weighted by Gasteiger charge is 2.33. The number of halogens is 3. The Hall–Kier alpha value is -2.78. The number of hydrogen-bond acceptors (Lipinski definition) is 4. The quantitative estimate of drug-likeness (QED) is 0.305. The van der Waals surface area contributed by atoms with E-state index in [9.17, 15) is 18.0 Å². The SMILES string of the molecule is CC[C@@H](C(=O)NC)N(Cc1ccc(Cl)c(Cl)c1)C(=O)CN(c1ccc(C)c(C)c1)S(=O)(=O)c1ccc(Cl)cc1. The van der Waals surface area contributed by atoms with Crippen LogP contribution in [0.4, 0.5) is 5.69 Å². The predicted molar refractivity (Wildman–Crippen MR) is 157 cm³/mol. The van der Waals surface area contributed by atoms with Crippen molar-refractivity contribution in [3.63, 3.8) is 0 Å². The molecule has 1 atom stereocenters. The summed E-state index contributed by atoms with van der Waals surface area (Å²) in [5.74, 6) is -0.934. The third kappa shape index (κ3) is 7.25. The van der Waals surface area contributed by atoms with Gasteiger partial charge < -0.3 is 10.2 Å². The van der Waals surface area contributed by atoms with E-state index in [1.54, 1.807) is 43.3 Å². The van der Waals surface area contributed by atoms with Gasteiger partial charge in [-0.3, -0.25) is 13.9 Å². The van der Waals surface area contributed by atoms with E-state index >= 15 is 0 Å². The van der Waals surface area contributed by atoms with Crippen molar-refractivity contribution in [3.05, 3.63) is 92.4 Å². The Morgan fingerprint density at radius 1 is 0.897 bits per heavy atom. The molecule has 0 aliphatic carbocycles. The Morgan fingerprint density at radius 2 is 1.56 bits per heavy atom. The lowest BCUT2D eigenvalue weighted by atomic mass is 10.1. The van der Waals surface area contributed by atoms with Crippen LogP contribution in [-0.4, -0.2) is 44.8 Å². The number of amides is 2. The number of nitrogens with one attached hydrogen (secondary N) is 1. The van der Waals surface area contributed by atoms with Crippen molar-refractivity contribution < 1.29 is 18.0 Å². The van der Waals surface area contributed by atoms with Crippen LogP contribution in [0.3, 0.4) is 0 Å². The van der Waals surface area contributed by atoms with Gasteiger partial charge in [0, 0.05) is 18.6 Å². The van der Waals surface area contributed by atoms with Gasteiger partial charge in [0.1, 0.15) is 12.6 Å². The van der Waals surface area contributed by atoms with Crippen LogP contribution in [0.15, 0.2) is 65.6 Å². The lowest BCUT2D eigenvalue weighted by molar-refractivity contribution is -0.140. The van der Waals surface area contributed by atoms with Crippen LogP contribution in [0.5, 0.6) is 0 Å². The van der Waals surface area contributed by atoms with Crippen molar-refractivity contribution in [3.8, 4) is 0 Å². The molecule has 3 rings (SSSR count). The van der Waals surface area contributed by atoms with Gasteiger partial charge in [0.05, 0.1) is 20.6 Å². The Bertz CT molecular complexity index is 1460. The monoisotopic (exact) mass is 609 g/mol. The van der Waals surface area contributed by atoms with E-state index in [1.807, 2.05) is 13.8 Å². The number of hydrogen-bond donors (Lipinski definition) is 1. The molecule has 0 aliphatic rings. The molecule has 1 N–H and O–H groups in total. The van der Waals surface area contributed by atoms with Gasteiger partial charge in [0.2, 0.25) is 11.8 Å². The van der Waals surface area contributed by atoms with Crippen molar-refractivity contribution >= 4 is 62.3 Å². The number of carbonyl (C=O) groups excluding carboxylic acids is 2. The fourth-order valence-electron chi connectivity index (χ4n) is 4.06. The summed E-state index contributed by atoms with van der Waals surface area (Å²) >= 11 is 18.3.